The summed E-state index contributed by atoms with van der Waals surface area (Å²) in [4.78, 5) is 10.4. The first kappa shape index (κ1) is 14.0. The first-order valence-corrected chi connectivity index (χ1v) is 5.82. The second kappa shape index (κ2) is 7.26. The molecule has 0 aliphatic rings. The molecule has 0 saturated carbocycles. The van der Waals surface area contributed by atoms with E-state index in [1.807, 2.05) is 19.1 Å². The second-order valence-corrected chi connectivity index (χ2v) is 3.70. The van der Waals surface area contributed by atoms with E-state index in [0.717, 1.165) is 12.1 Å². The molecule has 0 heterocycles. The molecule has 0 unspecified atom stereocenters. The number of carbonyl (C=O) groups is 1. The average Bonchev–Trinajstić information content (AvgIpc) is 2.34. The van der Waals surface area contributed by atoms with Crippen LogP contribution in [0.1, 0.15) is 13.3 Å². The summed E-state index contributed by atoms with van der Waals surface area (Å²) in [7, 11) is 0. The summed E-state index contributed by atoms with van der Waals surface area (Å²) in [5, 5.41) is 3.08. The van der Waals surface area contributed by atoms with Crippen molar-refractivity contribution in [3.63, 3.8) is 0 Å². The van der Waals surface area contributed by atoms with Crippen molar-refractivity contribution >= 4 is 17.5 Å². The van der Waals surface area contributed by atoms with Gasteiger partial charge in [0.25, 0.3) is 0 Å². The zero-order chi connectivity index (χ0) is 13.4. The number of rotatable bonds is 7. The molecule has 0 fully saturated rings. The molecule has 1 aromatic rings. The van der Waals surface area contributed by atoms with Gasteiger partial charge in [0, 0.05) is 18.3 Å². The first-order valence-electron chi connectivity index (χ1n) is 5.82. The Bertz CT molecular complexity index is 396. The summed E-state index contributed by atoms with van der Waals surface area (Å²) in [5.74, 6) is 0.651. The van der Waals surface area contributed by atoms with Crippen LogP contribution in [0, 0.1) is 0 Å². The van der Waals surface area contributed by atoms with E-state index in [2.05, 4.69) is 10.1 Å². The third-order valence-electron chi connectivity index (χ3n) is 2.15. The van der Waals surface area contributed by atoms with E-state index >= 15 is 0 Å². The Balaban J connectivity index is 2.48. The summed E-state index contributed by atoms with van der Waals surface area (Å²) >= 11 is 0. The summed E-state index contributed by atoms with van der Waals surface area (Å²) in [6.07, 6.45) is 0.143. The van der Waals surface area contributed by atoms with Gasteiger partial charge < -0.3 is 26.3 Å². The number of anilines is 2. The van der Waals surface area contributed by atoms with Crippen LogP contribution in [0.2, 0.25) is 0 Å². The van der Waals surface area contributed by atoms with Crippen LogP contribution in [-0.2, 0) is 4.74 Å². The van der Waals surface area contributed by atoms with Crippen molar-refractivity contribution in [2.75, 3.05) is 30.8 Å². The third kappa shape index (κ3) is 4.82. The minimum absolute atomic E-state index is 0.213. The van der Waals surface area contributed by atoms with Crippen molar-refractivity contribution in [2.45, 2.75) is 13.3 Å². The molecule has 5 N–H and O–H groups in total. The number of ether oxygens (including phenoxy) is 2. The molecular formula is C12H19N3O3. The summed E-state index contributed by atoms with van der Waals surface area (Å²) in [5.41, 5.74) is 12.1. The van der Waals surface area contributed by atoms with E-state index in [0.29, 0.717) is 24.6 Å². The van der Waals surface area contributed by atoms with Gasteiger partial charge in [-0.25, -0.2) is 4.79 Å². The molecule has 18 heavy (non-hydrogen) atoms. The lowest BCUT2D eigenvalue weighted by molar-refractivity contribution is 0.161. The lowest BCUT2D eigenvalue weighted by Crippen LogP contribution is -2.18. The van der Waals surface area contributed by atoms with E-state index in [-0.39, 0.29) is 6.61 Å². The maximum Gasteiger partial charge on any atom is 0.404 e. The molecule has 1 amide bonds. The molecule has 6 heteroatoms. The predicted molar refractivity (Wildman–Crippen MR) is 70.7 cm³/mol. The number of carbonyl (C=O) groups excluding carboxylic acids is 1. The monoisotopic (exact) mass is 253 g/mol. The van der Waals surface area contributed by atoms with Gasteiger partial charge in [0.1, 0.15) is 12.4 Å². The molecule has 6 nitrogen and oxygen atoms in total. The lowest BCUT2D eigenvalue weighted by Gasteiger charge is -2.11. The van der Waals surface area contributed by atoms with Gasteiger partial charge in [0.15, 0.2) is 0 Å². The molecule has 0 aromatic heterocycles. The molecule has 1 aromatic carbocycles. The molecule has 0 saturated heterocycles. The minimum atomic E-state index is -0.777. The zero-order valence-corrected chi connectivity index (χ0v) is 10.4. The largest absolute Gasteiger partial charge is 0.491 e. The Morgan fingerprint density at radius 3 is 2.83 bits per heavy atom. The van der Waals surface area contributed by atoms with Crippen LogP contribution < -0.4 is 21.5 Å². The van der Waals surface area contributed by atoms with Crippen LogP contribution in [0.3, 0.4) is 0 Å². The molecule has 0 aliphatic heterocycles. The van der Waals surface area contributed by atoms with E-state index < -0.39 is 6.09 Å². The third-order valence-corrected chi connectivity index (χ3v) is 2.15. The van der Waals surface area contributed by atoms with Crippen molar-refractivity contribution in [2.24, 2.45) is 5.73 Å². The van der Waals surface area contributed by atoms with Gasteiger partial charge in [-0.2, -0.15) is 0 Å². The van der Waals surface area contributed by atoms with Crippen LogP contribution in [-0.4, -0.2) is 25.9 Å². The topological polar surface area (TPSA) is 99.6 Å². The van der Waals surface area contributed by atoms with E-state index in [1.54, 1.807) is 6.07 Å². The number of nitrogen functional groups attached to an aromatic ring is 1. The standard InChI is InChI=1S/C12H19N3O3/c1-2-6-17-11-8-9(3-4-10(11)13)15-5-7-18-12(14)16/h3-4,8,15H,2,5-7,13H2,1H3,(H2,14,16). The highest BCUT2D eigenvalue weighted by molar-refractivity contribution is 5.64. The van der Waals surface area contributed by atoms with Crippen molar-refractivity contribution in [1.29, 1.82) is 0 Å². The van der Waals surface area contributed by atoms with Crippen molar-refractivity contribution in [1.82, 2.24) is 0 Å². The van der Waals surface area contributed by atoms with Gasteiger partial charge in [-0.3, -0.25) is 0 Å². The number of benzene rings is 1. The van der Waals surface area contributed by atoms with Crippen LogP contribution in [0.15, 0.2) is 18.2 Å². The van der Waals surface area contributed by atoms with Crippen LogP contribution in [0.5, 0.6) is 5.75 Å². The molecule has 0 aliphatic carbocycles. The van der Waals surface area contributed by atoms with E-state index in [4.69, 9.17) is 16.2 Å². The van der Waals surface area contributed by atoms with Gasteiger partial charge in [-0.15, -0.1) is 0 Å². The Kier molecular flexibility index (Phi) is 5.63. The second-order valence-electron chi connectivity index (χ2n) is 3.70. The first-order chi connectivity index (χ1) is 8.63. The fourth-order valence-corrected chi connectivity index (χ4v) is 1.33. The fourth-order valence-electron chi connectivity index (χ4n) is 1.33. The average molecular weight is 253 g/mol. The maximum atomic E-state index is 10.4. The Morgan fingerprint density at radius 1 is 1.39 bits per heavy atom. The smallest absolute Gasteiger partial charge is 0.404 e. The minimum Gasteiger partial charge on any atom is -0.491 e. The molecule has 0 atom stereocenters. The molecule has 0 bridgehead atoms. The fraction of sp³-hybridized carbons (Fsp3) is 0.417. The Morgan fingerprint density at radius 2 is 2.17 bits per heavy atom. The van der Waals surface area contributed by atoms with Crippen molar-refractivity contribution in [3.8, 4) is 5.75 Å². The molecular weight excluding hydrogens is 234 g/mol. The highest BCUT2D eigenvalue weighted by Gasteiger charge is 2.02. The van der Waals surface area contributed by atoms with Crippen LogP contribution in [0.4, 0.5) is 16.2 Å². The Labute approximate surface area is 106 Å². The summed E-state index contributed by atoms with van der Waals surface area (Å²) < 4.78 is 10.1. The predicted octanol–water partition coefficient (Wildman–Crippen LogP) is 1.56. The van der Waals surface area contributed by atoms with Crippen molar-refractivity contribution < 1.29 is 14.3 Å². The van der Waals surface area contributed by atoms with Crippen LogP contribution in [0.25, 0.3) is 0 Å². The molecule has 0 spiro atoms. The molecule has 100 valence electrons. The van der Waals surface area contributed by atoms with E-state index in [1.165, 1.54) is 0 Å². The van der Waals surface area contributed by atoms with Gasteiger partial charge in [0.2, 0.25) is 0 Å². The Hall–Kier alpha value is -2.11. The zero-order valence-electron chi connectivity index (χ0n) is 10.4. The highest BCUT2D eigenvalue weighted by Crippen LogP contribution is 2.25. The van der Waals surface area contributed by atoms with Gasteiger partial charge >= 0.3 is 6.09 Å². The number of hydrogen-bond donors (Lipinski definition) is 3. The molecule has 0 radical (unpaired) electrons. The molecule has 1 rings (SSSR count). The summed E-state index contributed by atoms with van der Waals surface area (Å²) in [6.45, 7) is 3.34. The van der Waals surface area contributed by atoms with Crippen LogP contribution >= 0.6 is 0 Å². The maximum absolute atomic E-state index is 10.4. The number of amides is 1. The number of primary amides is 1. The summed E-state index contributed by atoms with van der Waals surface area (Å²) in [6, 6.07) is 5.41. The van der Waals surface area contributed by atoms with Gasteiger partial charge in [-0.1, -0.05) is 6.92 Å². The number of nitrogens with one attached hydrogen (secondary N) is 1. The number of nitrogens with two attached hydrogens (primary N) is 2. The lowest BCUT2D eigenvalue weighted by atomic mass is 10.2. The van der Waals surface area contributed by atoms with Gasteiger partial charge in [-0.05, 0) is 18.6 Å². The van der Waals surface area contributed by atoms with E-state index in [9.17, 15) is 4.79 Å². The van der Waals surface area contributed by atoms with Gasteiger partial charge in [0.05, 0.1) is 12.3 Å². The van der Waals surface area contributed by atoms with Crippen molar-refractivity contribution in [3.05, 3.63) is 18.2 Å². The SMILES string of the molecule is CCCOc1cc(NCCOC(N)=O)ccc1N. The number of hydrogen-bond acceptors (Lipinski definition) is 5. The normalized spacial score (nSPS) is 9.83. The quantitative estimate of drug-likeness (QED) is 0.506. The highest BCUT2D eigenvalue weighted by atomic mass is 16.5.